The van der Waals surface area contributed by atoms with Crippen molar-refractivity contribution in [2.75, 3.05) is 11.8 Å². The lowest BCUT2D eigenvalue weighted by Gasteiger charge is -2.15. The SMILES string of the molecule is COc1cc(-c2ccc(F)c(C)c2)c(C#N)cc1-c1nccc2cc(S(=O)(=O)Nc3ccon3)ccc12. The topological polar surface area (TPSA) is 118 Å². The Labute approximate surface area is 212 Å². The van der Waals surface area contributed by atoms with Crippen LogP contribution in [0.25, 0.3) is 33.2 Å². The third-order valence-corrected chi connectivity index (χ3v) is 7.26. The minimum atomic E-state index is -3.91. The molecule has 0 amide bonds. The van der Waals surface area contributed by atoms with Crippen molar-refractivity contribution in [3.8, 4) is 34.2 Å². The Morgan fingerprint density at radius 2 is 1.89 bits per heavy atom. The summed E-state index contributed by atoms with van der Waals surface area (Å²) in [6.07, 6.45) is 2.82. The van der Waals surface area contributed by atoms with Gasteiger partial charge in [0.05, 0.1) is 29.3 Å². The van der Waals surface area contributed by atoms with Gasteiger partial charge in [0, 0.05) is 28.8 Å². The van der Waals surface area contributed by atoms with Crippen molar-refractivity contribution in [2.24, 2.45) is 0 Å². The van der Waals surface area contributed by atoms with Crippen LogP contribution in [0.2, 0.25) is 0 Å². The lowest BCUT2D eigenvalue weighted by atomic mass is 9.94. The van der Waals surface area contributed by atoms with Crippen LogP contribution in [0.3, 0.4) is 0 Å². The van der Waals surface area contributed by atoms with Gasteiger partial charge in [-0.3, -0.25) is 9.71 Å². The molecule has 3 aromatic carbocycles. The van der Waals surface area contributed by atoms with Crippen molar-refractivity contribution in [1.82, 2.24) is 10.1 Å². The number of aryl methyl sites for hydroxylation is 1. The lowest BCUT2D eigenvalue weighted by Crippen LogP contribution is -2.13. The van der Waals surface area contributed by atoms with Crippen molar-refractivity contribution in [3.05, 3.63) is 90.1 Å². The summed E-state index contributed by atoms with van der Waals surface area (Å²) in [4.78, 5) is 4.55. The van der Waals surface area contributed by atoms with Gasteiger partial charge in [-0.2, -0.15) is 5.26 Å². The number of rotatable bonds is 6. The van der Waals surface area contributed by atoms with Crippen LogP contribution in [0, 0.1) is 24.1 Å². The minimum absolute atomic E-state index is 0.0341. The Bertz CT molecular complexity index is 1800. The number of methoxy groups -OCH3 is 1. The number of hydrogen-bond acceptors (Lipinski definition) is 7. The molecule has 5 aromatic rings. The lowest BCUT2D eigenvalue weighted by molar-refractivity contribution is 0.416. The number of anilines is 1. The van der Waals surface area contributed by atoms with E-state index in [2.05, 4.69) is 25.5 Å². The summed E-state index contributed by atoms with van der Waals surface area (Å²) in [6.45, 7) is 1.66. The fourth-order valence-electron chi connectivity index (χ4n) is 4.08. The molecule has 0 aliphatic rings. The Morgan fingerprint density at radius 3 is 2.59 bits per heavy atom. The van der Waals surface area contributed by atoms with Gasteiger partial charge in [0.1, 0.15) is 17.8 Å². The van der Waals surface area contributed by atoms with Crippen LogP contribution in [0.5, 0.6) is 5.75 Å². The van der Waals surface area contributed by atoms with Gasteiger partial charge < -0.3 is 9.26 Å². The number of nitrogens with one attached hydrogen (secondary N) is 1. The van der Waals surface area contributed by atoms with E-state index in [-0.39, 0.29) is 16.5 Å². The Balaban J connectivity index is 1.63. The number of sulfonamides is 1. The zero-order valence-corrected chi connectivity index (χ0v) is 20.5. The number of nitriles is 1. The van der Waals surface area contributed by atoms with E-state index >= 15 is 0 Å². The average molecular weight is 515 g/mol. The molecule has 0 saturated heterocycles. The number of pyridine rings is 1. The molecule has 1 N–H and O–H groups in total. The first-order chi connectivity index (χ1) is 17.8. The molecule has 0 fully saturated rings. The van der Waals surface area contributed by atoms with Crippen molar-refractivity contribution < 1.29 is 22.1 Å². The van der Waals surface area contributed by atoms with E-state index in [1.54, 1.807) is 49.5 Å². The predicted molar refractivity (Wildman–Crippen MR) is 136 cm³/mol. The first-order valence-electron chi connectivity index (χ1n) is 11.0. The highest BCUT2D eigenvalue weighted by atomic mass is 32.2. The van der Waals surface area contributed by atoms with Crippen LogP contribution < -0.4 is 9.46 Å². The van der Waals surface area contributed by atoms with Crippen LogP contribution in [0.4, 0.5) is 10.2 Å². The number of ether oxygens (including phenoxy) is 1. The van der Waals surface area contributed by atoms with Crippen molar-refractivity contribution in [1.29, 1.82) is 5.26 Å². The van der Waals surface area contributed by atoms with E-state index in [1.807, 2.05) is 0 Å². The zero-order valence-electron chi connectivity index (χ0n) is 19.7. The summed E-state index contributed by atoms with van der Waals surface area (Å²) in [5.41, 5.74) is 3.17. The molecule has 37 heavy (non-hydrogen) atoms. The first kappa shape index (κ1) is 24.0. The predicted octanol–water partition coefficient (Wildman–Crippen LogP) is 5.69. The maximum Gasteiger partial charge on any atom is 0.263 e. The highest BCUT2D eigenvalue weighted by molar-refractivity contribution is 7.92. The normalized spacial score (nSPS) is 11.3. The molecule has 0 saturated carbocycles. The second-order valence-electron chi connectivity index (χ2n) is 8.21. The van der Waals surface area contributed by atoms with Crippen LogP contribution in [-0.4, -0.2) is 25.7 Å². The van der Waals surface area contributed by atoms with E-state index in [0.717, 1.165) is 0 Å². The molecule has 5 rings (SSSR count). The number of hydrogen-bond donors (Lipinski definition) is 1. The number of fused-ring (bicyclic) bond motifs is 1. The third-order valence-electron chi connectivity index (χ3n) is 5.91. The van der Waals surface area contributed by atoms with Gasteiger partial charge in [-0.05, 0) is 65.9 Å². The van der Waals surface area contributed by atoms with Gasteiger partial charge in [0.15, 0.2) is 5.82 Å². The average Bonchev–Trinajstić information content (AvgIpc) is 3.41. The van der Waals surface area contributed by atoms with Crippen molar-refractivity contribution in [2.45, 2.75) is 11.8 Å². The van der Waals surface area contributed by atoms with Gasteiger partial charge >= 0.3 is 0 Å². The molecule has 0 atom stereocenters. The minimum Gasteiger partial charge on any atom is -0.496 e. The third kappa shape index (κ3) is 4.48. The number of aromatic nitrogens is 2. The van der Waals surface area contributed by atoms with Gasteiger partial charge in [0.25, 0.3) is 10.0 Å². The molecular formula is C27H19FN4O4S. The highest BCUT2D eigenvalue weighted by Gasteiger charge is 2.20. The van der Waals surface area contributed by atoms with Gasteiger partial charge in [0.2, 0.25) is 0 Å². The standard InChI is InChI=1S/C27H19FN4O4S/c1-16-11-17(3-6-24(16)28)22-14-25(35-2)23(13-19(22)15-29)27-21-5-4-20(12-18(21)7-9-30-27)37(33,34)32-26-8-10-36-31-26/h3-14H,1-2H3,(H,31,32). The quantitative estimate of drug-likeness (QED) is 0.309. The van der Waals surface area contributed by atoms with Crippen LogP contribution in [0.15, 0.2) is 82.5 Å². The summed E-state index contributed by atoms with van der Waals surface area (Å²) in [5, 5.41) is 14.8. The molecule has 0 radical (unpaired) electrons. The smallest absolute Gasteiger partial charge is 0.263 e. The second kappa shape index (κ2) is 9.37. The molecule has 0 spiro atoms. The molecule has 184 valence electrons. The van der Waals surface area contributed by atoms with E-state index in [1.165, 1.54) is 37.6 Å². The molecular weight excluding hydrogens is 495 g/mol. The molecule has 2 aromatic heterocycles. The number of halogens is 1. The molecule has 2 heterocycles. The molecule has 0 unspecified atom stereocenters. The van der Waals surface area contributed by atoms with Gasteiger partial charge in [-0.15, -0.1) is 0 Å². The summed E-state index contributed by atoms with van der Waals surface area (Å²) in [5.74, 6) is 0.199. The summed E-state index contributed by atoms with van der Waals surface area (Å²) in [7, 11) is -2.40. The van der Waals surface area contributed by atoms with E-state index in [4.69, 9.17) is 4.74 Å². The van der Waals surface area contributed by atoms with Crippen molar-refractivity contribution >= 4 is 26.6 Å². The molecule has 8 nitrogen and oxygen atoms in total. The van der Waals surface area contributed by atoms with Crippen molar-refractivity contribution in [3.63, 3.8) is 0 Å². The second-order valence-corrected chi connectivity index (χ2v) is 9.89. The monoisotopic (exact) mass is 514 g/mol. The summed E-state index contributed by atoms with van der Waals surface area (Å²) >= 11 is 0. The maximum absolute atomic E-state index is 13.8. The highest BCUT2D eigenvalue weighted by Crippen LogP contribution is 2.39. The van der Waals surface area contributed by atoms with Gasteiger partial charge in [-0.25, -0.2) is 12.8 Å². The Kier molecular flexibility index (Phi) is 6.07. The summed E-state index contributed by atoms with van der Waals surface area (Å²) in [6, 6.07) is 18.0. The fraction of sp³-hybridized carbons (Fsp3) is 0.0741. The first-order valence-corrected chi connectivity index (χ1v) is 12.5. The zero-order chi connectivity index (χ0) is 26.2. The maximum atomic E-state index is 13.8. The van der Waals surface area contributed by atoms with Crippen LogP contribution >= 0.6 is 0 Å². The van der Waals surface area contributed by atoms with Gasteiger partial charge in [-0.1, -0.05) is 17.3 Å². The van der Waals surface area contributed by atoms with E-state index < -0.39 is 10.0 Å². The molecule has 10 heteroatoms. The fourth-order valence-corrected chi connectivity index (χ4v) is 5.10. The number of nitrogens with zero attached hydrogens (tertiary/aromatic N) is 3. The molecule has 0 aliphatic heterocycles. The largest absolute Gasteiger partial charge is 0.496 e. The molecule has 0 aliphatic carbocycles. The molecule has 0 bridgehead atoms. The Hall–Kier alpha value is -4.75. The van der Waals surface area contributed by atoms with E-state index in [0.29, 0.717) is 50.0 Å². The van der Waals surface area contributed by atoms with Crippen LogP contribution in [-0.2, 0) is 10.0 Å². The van der Waals surface area contributed by atoms with Crippen LogP contribution in [0.1, 0.15) is 11.1 Å². The number of benzene rings is 3. The Morgan fingerprint density at radius 1 is 1.05 bits per heavy atom. The summed E-state index contributed by atoms with van der Waals surface area (Å²) < 4.78 is 52.1. The van der Waals surface area contributed by atoms with E-state index in [9.17, 15) is 18.1 Å².